The maximum atomic E-state index is 12.9. The third kappa shape index (κ3) is 8.93. The summed E-state index contributed by atoms with van der Waals surface area (Å²) < 4.78 is 0. The van der Waals surface area contributed by atoms with E-state index in [0.29, 0.717) is 18.4 Å². The number of carboxylic acids is 1. The van der Waals surface area contributed by atoms with Crippen molar-refractivity contribution in [3.63, 3.8) is 0 Å². The van der Waals surface area contributed by atoms with Gasteiger partial charge < -0.3 is 37.0 Å². The fourth-order valence-electron chi connectivity index (χ4n) is 8.50. The maximum Gasteiger partial charge on any atom is 0.333 e. The number of hydrogen-bond donors (Lipinski definition) is 7. The number of hydroxylamine groups is 8. The van der Waals surface area contributed by atoms with Crippen molar-refractivity contribution in [3.05, 3.63) is 23.3 Å². The largest absolute Gasteiger partial charge is 0.478 e. The van der Waals surface area contributed by atoms with Crippen LogP contribution in [0.3, 0.4) is 0 Å². The summed E-state index contributed by atoms with van der Waals surface area (Å²) >= 11 is 0. The van der Waals surface area contributed by atoms with Crippen molar-refractivity contribution < 1.29 is 35.5 Å². The van der Waals surface area contributed by atoms with Crippen LogP contribution in [0.5, 0.6) is 0 Å². The second kappa shape index (κ2) is 13.6. The molecule has 4 heterocycles. The summed E-state index contributed by atoms with van der Waals surface area (Å²) in [6.07, 6.45) is 6.45. The van der Waals surface area contributed by atoms with Crippen LogP contribution >= 0.6 is 0 Å². The number of hydrogen-bond acceptors (Lipinski definition) is 11. The fraction of sp³-hybridized carbons (Fsp3) is 0.833. The van der Waals surface area contributed by atoms with Crippen molar-refractivity contribution in [2.45, 2.75) is 193 Å². The average molecular weight is 697 g/mol. The molecule has 0 aromatic heterocycles. The van der Waals surface area contributed by atoms with Gasteiger partial charge in [-0.15, -0.1) is 0 Å². The van der Waals surface area contributed by atoms with Crippen molar-refractivity contribution in [1.29, 1.82) is 0 Å². The standard InChI is InChI=1S/C18H33N3O3.C9H20N2O.C9H15NO3/c1-15(2)9-12(10-16(3,4)20(15)23)19-14(22)13-11-17(5,6)21(24)18(13,7)8;1-8(2)5-7(10)6-9(3,4)11(8)12;1-8(2)5-6(7(11)12)9(3,4)10(8)13/h11-12,23-24H,9-10H2,1-8H3,(H,19,22);7,12H,5-6,10H2,1-4H3;5,13H,1-4H3,(H,11,12). The lowest BCUT2D eigenvalue weighted by Gasteiger charge is -2.51. The molecule has 0 aromatic carbocycles. The van der Waals surface area contributed by atoms with Crippen molar-refractivity contribution >= 4 is 11.9 Å². The van der Waals surface area contributed by atoms with Crippen molar-refractivity contribution in [2.24, 2.45) is 5.73 Å². The third-order valence-electron chi connectivity index (χ3n) is 10.6. The van der Waals surface area contributed by atoms with E-state index < -0.39 is 39.2 Å². The van der Waals surface area contributed by atoms with Crippen LogP contribution in [0, 0.1) is 0 Å². The molecule has 0 aliphatic carbocycles. The lowest BCUT2D eigenvalue weighted by Crippen LogP contribution is -2.63. The van der Waals surface area contributed by atoms with Gasteiger partial charge in [0.05, 0.1) is 27.7 Å². The molecule has 1 amide bonds. The summed E-state index contributed by atoms with van der Waals surface area (Å²) in [4.78, 5) is 23.7. The van der Waals surface area contributed by atoms with Gasteiger partial charge in [0.15, 0.2) is 0 Å². The summed E-state index contributed by atoms with van der Waals surface area (Å²) in [5.74, 6) is -1.12. The second-order valence-corrected chi connectivity index (χ2v) is 19.1. The van der Waals surface area contributed by atoms with Crippen molar-refractivity contribution in [3.8, 4) is 0 Å². The van der Waals surface area contributed by atoms with Crippen LogP contribution in [0.2, 0.25) is 0 Å². The van der Waals surface area contributed by atoms with Gasteiger partial charge in [0.2, 0.25) is 5.91 Å². The average Bonchev–Trinajstić information content (AvgIpc) is 3.18. The SMILES string of the molecule is CC1(C)C=C(C(=O)NC2CC(C)(C)N(O)C(C)(C)C2)C(C)(C)N1O.CC1(C)C=C(C(=O)O)C(C)(C)N1O.CC1(C)CC(N)CC(C)(C)N1O. The van der Waals surface area contributed by atoms with Crippen LogP contribution in [0.1, 0.15) is 136 Å². The highest BCUT2D eigenvalue weighted by atomic mass is 16.5. The van der Waals surface area contributed by atoms with Crippen LogP contribution in [-0.4, -0.2) is 114 Å². The van der Waals surface area contributed by atoms with E-state index in [0.717, 1.165) is 17.9 Å². The zero-order valence-corrected chi connectivity index (χ0v) is 33.1. The third-order valence-corrected chi connectivity index (χ3v) is 10.6. The van der Waals surface area contributed by atoms with Gasteiger partial charge in [0.1, 0.15) is 0 Å². The predicted molar refractivity (Wildman–Crippen MR) is 189 cm³/mol. The van der Waals surface area contributed by atoms with Crippen molar-refractivity contribution in [2.75, 3.05) is 0 Å². The summed E-state index contributed by atoms with van der Waals surface area (Å²) in [7, 11) is 0. The number of aliphatic carboxylic acids is 1. The van der Waals surface area contributed by atoms with E-state index in [-0.39, 0.29) is 34.6 Å². The van der Waals surface area contributed by atoms with Crippen LogP contribution in [0.25, 0.3) is 0 Å². The Hall–Kier alpha value is -1.94. The first-order valence-electron chi connectivity index (χ1n) is 17.3. The van der Waals surface area contributed by atoms with Gasteiger partial charge in [-0.2, -0.15) is 20.3 Å². The quantitative estimate of drug-likeness (QED) is 0.202. The number of nitrogens with one attached hydrogen (secondary N) is 1. The van der Waals surface area contributed by atoms with Crippen LogP contribution in [0.4, 0.5) is 0 Å². The van der Waals surface area contributed by atoms with Gasteiger partial charge >= 0.3 is 5.97 Å². The Morgan fingerprint density at radius 3 is 1.16 bits per heavy atom. The molecule has 4 aliphatic heterocycles. The van der Waals surface area contributed by atoms with Crippen LogP contribution < -0.4 is 11.1 Å². The molecule has 284 valence electrons. The molecule has 0 saturated carbocycles. The maximum absolute atomic E-state index is 12.9. The molecule has 0 unspecified atom stereocenters. The molecule has 2 saturated heterocycles. The molecule has 13 heteroatoms. The number of carbonyl (C=O) groups excluding carboxylic acids is 1. The molecule has 0 radical (unpaired) electrons. The molecule has 8 N–H and O–H groups in total. The van der Waals surface area contributed by atoms with E-state index in [1.54, 1.807) is 33.8 Å². The van der Waals surface area contributed by atoms with Gasteiger partial charge in [0, 0.05) is 39.8 Å². The molecule has 0 bridgehead atoms. The van der Waals surface area contributed by atoms with E-state index in [4.69, 9.17) is 10.8 Å². The Kier molecular flexibility index (Phi) is 12.0. The Balaban J connectivity index is 0.000000281. The van der Waals surface area contributed by atoms with Gasteiger partial charge in [-0.05, 0) is 136 Å². The smallest absolute Gasteiger partial charge is 0.333 e. The molecule has 4 rings (SSSR count). The zero-order valence-electron chi connectivity index (χ0n) is 33.1. The summed E-state index contributed by atoms with van der Waals surface area (Å²) in [6, 6.07) is 0.178. The van der Waals surface area contributed by atoms with E-state index in [9.17, 15) is 30.4 Å². The number of nitrogens with two attached hydrogens (primary N) is 1. The van der Waals surface area contributed by atoms with Crippen molar-refractivity contribution in [1.82, 2.24) is 25.6 Å². The molecule has 49 heavy (non-hydrogen) atoms. The van der Waals surface area contributed by atoms with E-state index >= 15 is 0 Å². The fourth-order valence-corrected chi connectivity index (χ4v) is 8.50. The summed E-state index contributed by atoms with van der Waals surface area (Å²) in [5, 5.41) is 57.5. The highest BCUT2D eigenvalue weighted by Gasteiger charge is 2.50. The molecule has 0 aromatic rings. The predicted octanol–water partition coefficient (Wildman–Crippen LogP) is 5.32. The topological polar surface area (TPSA) is 186 Å². The molecular weight excluding hydrogens is 628 g/mol. The Morgan fingerprint density at radius 1 is 0.592 bits per heavy atom. The Morgan fingerprint density at radius 2 is 0.898 bits per heavy atom. The molecule has 0 spiro atoms. The Labute approximate surface area is 294 Å². The first kappa shape index (κ1) is 43.2. The van der Waals surface area contributed by atoms with E-state index in [1.165, 1.54) is 15.2 Å². The first-order chi connectivity index (χ1) is 21.6. The molecular formula is C36H68N6O7. The first-order valence-corrected chi connectivity index (χ1v) is 17.3. The number of rotatable bonds is 3. The molecule has 13 nitrogen and oxygen atoms in total. The number of nitrogens with zero attached hydrogens (tertiary/aromatic N) is 4. The van der Waals surface area contributed by atoms with E-state index in [2.05, 4.69) is 5.32 Å². The number of piperidine rings is 2. The molecule has 2 fully saturated rings. The lowest BCUT2D eigenvalue weighted by molar-refractivity contribution is -0.246. The summed E-state index contributed by atoms with van der Waals surface area (Å²) in [5.41, 5.74) is 2.75. The second-order valence-electron chi connectivity index (χ2n) is 19.1. The minimum absolute atomic E-state index is 0.0292. The highest BCUT2D eigenvalue weighted by Crippen LogP contribution is 2.41. The number of carboxylic acid groups (broad SMARTS) is 1. The van der Waals surface area contributed by atoms with Gasteiger partial charge in [-0.1, -0.05) is 12.2 Å². The van der Waals surface area contributed by atoms with Gasteiger partial charge in [-0.25, -0.2) is 4.79 Å². The van der Waals surface area contributed by atoms with Gasteiger partial charge in [-0.3, -0.25) is 4.79 Å². The lowest BCUT2D eigenvalue weighted by atomic mass is 9.78. The zero-order chi connectivity index (χ0) is 38.7. The van der Waals surface area contributed by atoms with Crippen LogP contribution in [0.15, 0.2) is 23.3 Å². The molecule has 4 aliphatic rings. The summed E-state index contributed by atoms with van der Waals surface area (Å²) in [6.45, 7) is 30.3. The number of carbonyl (C=O) groups is 2. The monoisotopic (exact) mass is 697 g/mol. The highest BCUT2D eigenvalue weighted by molar-refractivity contribution is 5.96. The number of amides is 1. The molecule has 0 atom stereocenters. The van der Waals surface area contributed by atoms with Gasteiger partial charge in [0.25, 0.3) is 0 Å². The Bertz CT molecular complexity index is 1280. The minimum Gasteiger partial charge on any atom is -0.478 e. The van der Waals surface area contributed by atoms with Crippen LogP contribution in [-0.2, 0) is 9.59 Å². The minimum atomic E-state index is -0.977. The normalized spacial score (nSPS) is 28.7. The van der Waals surface area contributed by atoms with E-state index in [1.807, 2.05) is 89.2 Å².